The standard InChI is InChI=1S/C20H22N4O6/c1-13(22-23-20(26)11-14-4-6-15(29-2)7-5-14)10-19(25)21-17-9-8-16(30-3)12-18(17)24(27)28/h4-9,12H,10-11H2,1-3H3,(H,21,25)(H,23,26)/b22-13-. The average molecular weight is 414 g/mol. The van der Waals surface area contributed by atoms with Crippen molar-refractivity contribution in [2.45, 2.75) is 19.8 Å². The molecule has 0 saturated carbocycles. The number of nitro groups is 1. The van der Waals surface area contributed by atoms with E-state index >= 15 is 0 Å². The van der Waals surface area contributed by atoms with Crippen LogP contribution in [0.1, 0.15) is 18.9 Å². The highest BCUT2D eigenvalue weighted by Crippen LogP contribution is 2.29. The van der Waals surface area contributed by atoms with Crippen molar-refractivity contribution in [3.63, 3.8) is 0 Å². The number of ether oxygens (including phenoxy) is 2. The van der Waals surface area contributed by atoms with Crippen molar-refractivity contribution < 1.29 is 24.0 Å². The van der Waals surface area contributed by atoms with E-state index in [-0.39, 0.29) is 30.1 Å². The molecule has 0 unspecified atom stereocenters. The number of hydrazone groups is 1. The number of rotatable bonds is 9. The zero-order valence-electron chi connectivity index (χ0n) is 16.8. The summed E-state index contributed by atoms with van der Waals surface area (Å²) < 4.78 is 10.0. The minimum absolute atomic E-state index is 0.0436. The number of hydrogen-bond donors (Lipinski definition) is 2. The van der Waals surface area contributed by atoms with Crippen LogP contribution in [0.5, 0.6) is 11.5 Å². The Labute approximate surface area is 173 Å². The molecule has 2 aromatic rings. The Bertz CT molecular complexity index is 956. The second kappa shape index (κ2) is 10.6. The predicted molar refractivity (Wildman–Crippen MR) is 111 cm³/mol. The van der Waals surface area contributed by atoms with Crippen LogP contribution < -0.4 is 20.2 Å². The van der Waals surface area contributed by atoms with Crippen LogP contribution in [0.25, 0.3) is 0 Å². The summed E-state index contributed by atoms with van der Waals surface area (Å²) in [6, 6.07) is 11.1. The minimum Gasteiger partial charge on any atom is -0.497 e. The summed E-state index contributed by atoms with van der Waals surface area (Å²) in [5.74, 6) is 0.146. The van der Waals surface area contributed by atoms with Crippen molar-refractivity contribution in [2.24, 2.45) is 5.10 Å². The number of methoxy groups -OCH3 is 2. The molecule has 0 saturated heterocycles. The summed E-state index contributed by atoms with van der Waals surface area (Å²) in [5, 5.41) is 17.5. The van der Waals surface area contributed by atoms with E-state index < -0.39 is 10.8 Å². The van der Waals surface area contributed by atoms with Gasteiger partial charge in [0.15, 0.2) is 0 Å². The molecule has 0 radical (unpaired) electrons. The maximum absolute atomic E-state index is 12.2. The van der Waals surface area contributed by atoms with Gasteiger partial charge in [0.1, 0.15) is 17.2 Å². The van der Waals surface area contributed by atoms with Crippen LogP contribution in [0.15, 0.2) is 47.6 Å². The second-order valence-electron chi connectivity index (χ2n) is 6.27. The number of carbonyl (C=O) groups excluding carboxylic acids is 2. The van der Waals surface area contributed by atoms with E-state index in [4.69, 9.17) is 9.47 Å². The Morgan fingerprint density at radius 2 is 1.67 bits per heavy atom. The zero-order valence-corrected chi connectivity index (χ0v) is 16.8. The molecule has 0 aliphatic rings. The van der Waals surface area contributed by atoms with Gasteiger partial charge in [-0.2, -0.15) is 5.10 Å². The topological polar surface area (TPSA) is 132 Å². The smallest absolute Gasteiger partial charge is 0.296 e. The SMILES string of the molecule is COc1ccc(CC(=O)N/N=C(/C)CC(=O)Nc2ccc(OC)cc2[N+](=O)[O-])cc1. The Kier molecular flexibility index (Phi) is 7.86. The lowest BCUT2D eigenvalue weighted by molar-refractivity contribution is -0.384. The zero-order chi connectivity index (χ0) is 22.1. The summed E-state index contributed by atoms with van der Waals surface area (Å²) in [5.41, 5.74) is 3.27. The van der Waals surface area contributed by atoms with E-state index in [2.05, 4.69) is 15.8 Å². The largest absolute Gasteiger partial charge is 0.497 e. The van der Waals surface area contributed by atoms with Crippen molar-refractivity contribution in [2.75, 3.05) is 19.5 Å². The lowest BCUT2D eigenvalue weighted by Gasteiger charge is -2.08. The highest BCUT2D eigenvalue weighted by molar-refractivity contribution is 6.06. The van der Waals surface area contributed by atoms with Crippen molar-refractivity contribution >= 4 is 28.9 Å². The number of amides is 2. The van der Waals surface area contributed by atoms with Gasteiger partial charge in [0.25, 0.3) is 5.69 Å². The van der Waals surface area contributed by atoms with Gasteiger partial charge in [-0.1, -0.05) is 12.1 Å². The van der Waals surface area contributed by atoms with Gasteiger partial charge in [0, 0.05) is 5.71 Å². The molecular formula is C20H22N4O6. The Morgan fingerprint density at radius 3 is 2.27 bits per heavy atom. The van der Waals surface area contributed by atoms with Crippen LogP contribution in [0, 0.1) is 10.1 Å². The number of hydrogen-bond acceptors (Lipinski definition) is 7. The molecule has 0 bridgehead atoms. The Balaban J connectivity index is 1.91. The van der Waals surface area contributed by atoms with Crippen molar-refractivity contribution in [3.8, 4) is 11.5 Å². The van der Waals surface area contributed by atoms with Crippen molar-refractivity contribution in [3.05, 3.63) is 58.1 Å². The van der Waals surface area contributed by atoms with E-state index in [1.54, 1.807) is 38.3 Å². The first kappa shape index (κ1) is 22.3. The molecule has 10 nitrogen and oxygen atoms in total. The molecule has 2 amide bonds. The van der Waals surface area contributed by atoms with Gasteiger partial charge < -0.3 is 14.8 Å². The molecule has 0 heterocycles. The van der Waals surface area contributed by atoms with E-state index in [0.29, 0.717) is 17.2 Å². The fraction of sp³-hybridized carbons (Fsp3) is 0.250. The molecule has 0 aliphatic carbocycles. The number of nitro benzene ring substituents is 1. The quantitative estimate of drug-likeness (QED) is 0.368. The monoisotopic (exact) mass is 414 g/mol. The summed E-state index contributed by atoms with van der Waals surface area (Å²) in [6.07, 6.45) is -0.0307. The van der Waals surface area contributed by atoms with E-state index in [0.717, 1.165) is 5.56 Å². The molecule has 10 heteroatoms. The first-order valence-corrected chi connectivity index (χ1v) is 8.89. The highest BCUT2D eigenvalue weighted by Gasteiger charge is 2.17. The molecule has 0 atom stereocenters. The summed E-state index contributed by atoms with van der Waals surface area (Å²) in [7, 11) is 2.95. The van der Waals surface area contributed by atoms with Crippen LogP contribution in [0.3, 0.4) is 0 Å². The normalized spacial score (nSPS) is 10.8. The summed E-state index contributed by atoms with van der Waals surface area (Å²) in [4.78, 5) is 34.7. The first-order valence-electron chi connectivity index (χ1n) is 8.89. The molecule has 2 rings (SSSR count). The third-order valence-electron chi connectivity index (χ3n) is 3.99. The number of nitrogens with zero attached hydrogens (tertiary/aromatic N) is 2. The Hall–Kier alpha value is -3.95. The van der Waals surface area contributed by atoms with E-state index in [1.807, 2.05) is 0 Å². The molecule has 30 heavy (non-hydrogen) atoms. The van der Waals surface area contributed by atoms with Crippen LogP contribution in [0.2, 0.25) is 0 Å². The lowest BCUT2D eigenvalue weighted by atomic mass is 10.1. The van der Waals surface area contributed by atoms with Crippen LogP contribution in [-0.4, -0.2) is 36.7 Å². The van der Waals surface area contributed by atoms with Crippen molar-refractivity contribution in [1.29, 1.82) is 0 Å². The molecule has 2 N–H and O–H groups in total. The highest BCUT2D eigenvalue weighted by atomic mass is 16.6. The number of anilines is 1. The maximum atomic E-state index is 12.2. The molecule has 0 spiro atoms. The van der Waals surface area contributed by atoms with Crippen molar-refractivity contribution in [1.82, 2.24) is 5.43 Å². The van der Waals surface area contributed by atoms with E-state index in [1.165, 1.54) is 25.3 Å². The van der Waals surface area contributed by atoms with Crippen LogP contribution in [-0.2, 0) is 16.0 Å². The number of carbonyl (C=O) groups is 2. The number of nitrogens with one attached hydrogen (secondary N) is 2. The second-order valence-corrected chi connectivity index (χ2v) is 6.27. The number of benzene rings is 2. The third kappa shape index (κ3) is 6.59. The first-order chi connectivity index (χ1) is 14.3. The maximum Gasteiger partial charge on any atom is 0.296 e. The van der Waals surface area contributed by atoms with Gasteiger partial charge in [0.05, 0.1) is 38.1 Å². The Morgan fingerprint density at radius 1 is 1.03 bits per heavy atom. The third-order valence-corrected chi connectivity index (χ3v) is 3.99. The van der Waals surface area contributed by atoms with Gasteiger partial charge in [0.2, 0.25) is 11.8 Å². The summed E-state index contributed by atoms with van der Waals surface area (Å²) in [6.45, 7) is 1.57. The molecule has 0 aliphatic heterocycles. The van der Waals surface area contributed by atoms with E-state index in [9.17, 15) is 19.7 Å². The molecule has 2 aromatic carbocycles. The fourth-order valence-corrected chi connectivity index (χ4v) is 2.49. The molecule has 0 fully saturated rings. The van der Waals surface area contributed by atoms with Gasteiger partial charge in [-0.25, -0.2) is 5.43 Å². The molecular weight excluding hydrogens is 392 g/mol. The van der Waals surface area contributed by atoms with Crippen LogP contribution in [0.4, 0.5) is 11.4 Å². The fourth-order valence-electron chi connectivity index (χ4n) is 2.49. The molecule has 158 valence electrons. The molecule has 0 aromatic heterocycles. The van der Waals surface area contributed by atoms with Crippen LogP contribution >= 0.6 is 0 Å². The van der Waals surface area contributed by atoms with Gasteiger partial charge in [-0.3, -0.25) is 19.7 Å². The predicted octanol–water partition coefficient (Wildman–Crippen LogP) is 2.68. The summed E-state index contributed by atoms with van der Waals surface area (Å²) >= 11 is 0. The minimum atomic E-state index is -0.613. The van der Waals surface area contributed by atoms with Gasteiger partial charge in [-0.15, -0.1) is 0 Å². The van der Waals surface area contributed by atoms with Gasteiger partial charge in [-0.05, 0) is 36.8 Å². The average Bonchev–Trinajstić information content (AvgIpc) is 2.73. The van der Waals surface area contributed by atoms with Gasteiger partial charge >= 0.3 is 0 Å². The lowest BCUT2D eigenvalue weighted by Crippen LogP contribution is -2.23.